The van der Waals surface area contributed by atoms with Gasteiger partial charge < -0.3 is 5.11 Å². The molecule has 0 saturated heterocycles. The van der Waals surface area contributed by atoms with Crippen LogP contribution in [0.15, 0.2) is 0 Å². The first-order valence-corrected chi connectivity index (χ1v) is 8.51. The van der Waals surface area contributed by atoms with Crippen molar-refractivity contribution >= 4 is 21.6 Å². The van der Waals surface area contributed by atoms with Crippen LogP contribution in [0.25, 0.3) is 0 Å². The monoisotopic (exact) mass is 468 g/mol. The van der Waals surface area contributed by atoms with Crippen molar-refractivity contribution in [2.75, 3.05) is 11.5 Å². The van der Waals surface area contributed by atoms with Gasteiger partial charge in [-0.1, -0.05) is 0 Å². The fourth-order valence-electron chi connectivity index (χ4n) is 1.70. The quantitative estimate of drug-likeness (QED) is 0.394. The van der Waals surface area contributed by atoms with Crippen LogP contribution in [0, 0.1) is 51.6 Å². The molecule has 1 N–H and O–H groups in total. The van der Waals surface area contributed by atoms with Crippen molar-refractivity contribution in [3.8, 4) is 0 Å². The number of hydrogen-bond acceptors (Lipinski definition) is 4. The van der Waals surface area contributed by atoms with Crippen LogP contribution in [0.1, 0.15) is 25.7 Å². The minimum absolute atomic E-state index is 0. The zero-order valence-corrected chi connectivity index (χ0v) is 16.3. The van der Waals surface area contributed by atoms with Gasteiger partial charge in [-0.15, -0.1) is 0 Å². The molecule has 1 aliphatic rings. The molecule has 1 rings (SSSR count). The Bertz CT molecular complexity index is 516. The van der Waals surface area contributed by atoms with Gasteiger partial charge in [0.2, 0.25) is 0 Å². The van der Waals surface area contributed by atoms with E-state index in [1.165, 1.54) is 0 Å². The molecule has 8 nitrogen and oxygen atoms in total. The van der Waals surface area contributed by atoms with E-state index in [-0.39, 0.29) is 63.1 Å². The van der Waals surface area contributed by atoms with Gasteiger partial charge in [-0.3, -0.25) is 9.59 Å². The van der Waals surface area contributed by atoms with E-state index in [1.807, 2.05) is 0 Å². The molecule has 0 spiro atoms. The van der Waals surface area contributed by atoms with E-state index in [0.29, 0.717) is 5.92 Å². The molecule has 1 fully saturated rings. The Labute approximate surface area is 167 Å². The third kappa shape index (κ3) is 19.3. The summed E-state index contributed by atoms with van der Waals surface area (Å²) in [6, 6.07) is 0. The van der Waals surface area contributed by atoms with Crippen molar-refractivity contribution < 1.29 is 57.2 Å². The van der Waals surface area contributed by atoms with E-state index in [2.05, 4.69) is 20.0 Å². The number of rotatable bonds is 9. The summed E-state index contributed by atoms with van der Waals surface area (Å²) in [6.45, 7) is 13.5. The number of Topliss-reactive ketones (excluding diaryl/α,β-unsaturated/α-hetero) is 1. The first-order chi connectivity index (χ1) is 11.9. The summed E-state index contributed by atoms with van der Waals surface area (Å²) in [5.41, 5.74) is 0. The van der Waals surface area contributed by atoms with E-state index in [1.54, 1.807) is 25.7 Å². The predicted molar refractivity (Wildman–Crippen MR) is 82.0 cm³/mol. The van der Waals surface area contributed by atoms with Crippen LogP contribution in [0.4, 0.5) is 0 Å². The van der Waals surface area contributed by atoms with Crippen molar-refractivity contribution in [2.45, 2.75) is 25.7 Å². The normalized spacial score (nSPS) is 12.4. The SMILES string of the molecule is O=C(O)CCCS(=O)(=O)CCCC(=O)[C]1[CH][CH][CH][CH]1.[99Tc].[C-]#[O+].[C-]#[O+].[C-]#[O+]. The summed E-state index contributed by atoms with van der Waals surface area (Å²) in [5.74, 6) is -0.668. The van der Waals surface area contributed by atoms with Gasteiger partial charge in [0.15, 0.2) is 0 Å². The number of aliphatic carboxylic acids is 1. The van der Waals surface area contributed by atoms with Crippen molar-refractivity contribution in [1.29, 1.82) is 0 Å². The molecule has 0 aliphatic heterocycles. The predicted octanol–water partition coefficient (Wildman–Crippen LogP) is 0.906. The topological polar surface area (TPSA) is 148 Å². The first-order valence-electron chi connectivity index (χ1n) is 6.69. The Morgan fingerprint density at radius 2 is 1.27 bits per heavy atom. The number of carboxylic acid groups (broad SMARTS) is 1. The van der Waals surface area contributed by atoms with Crippen LogP contribution in [0.3, 0.4) is 0 Å². The van der Waals surface area contributed by atoms with Gasteiger partial charge in [0.05, 0.1) is 11.5 Å². The van der Waals surface area contributed by atoms with E-state index >= 15 is 0 Å². The Kier molecular flexibility index (Phi) is 27.6. The molecule has 0 aromatic carbocycles. The number of carbonyl (C=O) groups is 2. The third-order valence-corrected chi connectivity index (χ3v) is 4.51. The molecule has 0 amide bonds. The van der Waals surface area contributed by atoms with Gasteiger partial charge >= 0.3 is 39.9 Å². The summed E-state index contributed by atoms with van der Waals surface area (Å²) in [4.78, 5) is 21.9. The second-order valence-electron chi connectivity index (χ2n) is 4.35. The molecule has 0 aromatic rings. The number of carbonyl (C=O) groups excluding carboxylic acids is 1. The maximum atomic E-state index is 11.6. The van der Waals surface area contributed by atoms with Gasteiger partial charge in [-0.2, -0.15) is 0 Å². The van der Waals surface area contributed by atoms with E-state index in [9.17, 15) is 18.0 Å². The summed E-state index contributed by atoms with van der Waals surface area (Å²) in [5, 5.41) is 8.43. The average molecular weight is 468 g/mol. The molecule has 1 aliphatic carbocycles. The maximum absolute atomic E-state index is 11.6. The van der Waals surface area contributed by atoms with E-state index in [4.69, 9.17) is 19.1 Å². The van der Waals surface area contributed by atoms with Crippen LogP contribution in [0.5, 0.6) is 0 Å². The van der Waals surface area contributed by atoms with Gasteiger partial charge in [-0.05, 0) is 38.5 Å². The Balaban J connectivity index is -0.000000312. The molecule has 1 saturated carbocycles. The number of carboxylic acids is 1. The van der Waals surface area contributed by atoms with Gasteiger partial charge in [0, 0.05) is 38.9 Å². The summed E-state index contributed by atoms with van der Waals surface area (Å²) in [7, 11) is -3.26. The van der Waals surface area contributed by atoms with E-state index in [0.717, 1.165) is 0 Å². The molecule has 6 radical (unpaired) electrons. The zero-order valence-electron chi connectivity index (χ0n) is 13.6. The summed E-state index contributed by atoms with van der Waals surface area (Å²) >= 11 is 0. The molecular weight excluding hydrogens is 451 g/mol. The molecule has 142 valence electrons. The number of sulfone groups is 1. The van der Waals surface area contributed by atoms with Crippen LogP contribution in [-0.2, 0) is 53.5 Å². The number of hydrogen-bond donors (Lipinski definition) is 1. The number of ketones is 1. The Hall–Kier alpha value is -1.04. The van der Waals surface area contributed by atoms with Crippen molar-refractivity contribution in [2.24, 2.45) is 0 Å². The minimum atomic E-state index is -3.26. The molecule has 0 heterocycles. The Morgan fingerprint density at radius 1 is 0.885 bits per heavy atom. The van der Waals surface area contributed by atoms with Crippen LogP contribution in [-0.4, -0.2) is 36.8 Å². The standard InChI is InChI=1S/C13H17O5S.3CO.Tc/c14-12(11-5-1-2-6-11)7-3-9-19(17,18)10-4-8-13(15)16;3*1-2;/h1-2,5-6H,3-4,7-10H2,(H,15,16);;;;/i;;;;1+1. The van der Waals surface area contributed by atoms with Crippen LogP contribution < -0.4 is 0 Å². The molecule has 0 unspecified atom stereocenters. The van der Waals surface area contributed by atoms with Gasteiger partial charge in [0.1, 0.15) is 15.6 Å². The Morgan fingerprint density at radius 3 is 1.65 bits per heavy atom. The zero-order chi connectivity index (χ0) is 20.3. The molecule has 0 aromatic heterocycles. The molecule has 0 bridgehead atoms. The van der Waals surface area contributed by atoms with Crippen molar-refractivity contribution in [1.82, 2.24) is 0 Å². The van der Waals surface area contributed by atoms with Crippen molar-refractivity contribution in [3.05, 3.63) is 51.6 Å². The fraction of sp³-hybridized carbons (Fsp3) is 0.375. The average Bonchev–Trinajstić information content (AvgIpc) is 3.14. The first kappa shape index (κ1) is 32.6. The molecule has 10 heteroatoms. The summed E-state index contributed by atoms with van der Waals surface area (Å²) in [6.07, 6.45) is 7.36. The van der Waals surface area contributed by atoms with Gasteiger partial charge in [0.25, 0.3) is 0 Å². The second kappa shape index (κ2) is 22.0. The molecule has 0 atom stereocenters. The van der Waals surface area contributed by atoms with Crippen LogP contribution >= 0.6 is 0 Å². The fourth-order valence-corrected chi connectivity index (χ4v) is 3.07. The second-order valence-corrected chi connectivity index (χ2v) is 6.65. The van der Waals surface area contributed by atoms with E-state index < -0.39 is 15.8 Å². The molecule has 26 heavy (non-hydrogen) atoms. The van der Waals surface area contributed by atoms with Gasteiger partial charge in [-0.25, -0.2) is 8.42 Å². The summed E-state index contributed by atoms with van der Waals surface area (Å²) < 4.78 is 45.7. The van der Waals surface area contributed by atoms with Crippen LogP contribution in [0.2, 0.25) is 0 Å². The molecular formula is C16H17O8STc. The van der Waals surface area contributed by atoms with Crippen molar-refractivity contribution in [3.63, 3.8) is 0 Å². The third-order valence-electron chi connectivity index (χ3n) is 2.69.